The number of rotatable bonds is 3. The molecule has 0 saturated heterocycles. The van der Waals surface area contributed by atoms with E-state index in [1.807, 2.05) is 0 Å². The van der Waals surface area contributed by atoms with Crippen molar-refractivity contribution in [2.24, 2.45) is 0 Å². The Labute approximate surface area is 73.9 Å². The van der Waals surface area contributed by atoms with Crippen molar-refractivity contribution in [3.8, 4) is 0 Å². The second kappa shape index (κ2) is 5.14. The van der Waals surface area contributed by atoms with Crippen LogP contribution in [0.25, 0.3) is 0 Å². The van der Waals surface area contributed by atoms with E-state index in [1.165, 1.54) is 32.1 Å². The molecule has 0 aromatic rings. The quantitative estimate of drug-likeness (QED) is 0.620. The van der Waals surface area contributed by atoms with Crippen LogP contribution in [-0.4, -0.2) is 18.6 Å². The van der Waals surface area contributed by atoms with Crippen molar-refractivity contribution < 1.29 is 4.79 Å². The van der Waals surface area contributed by atoms with E-state index in [1.54, 1.807) is 6.92 Å². The van der Waals surface area contributed by atoms with Crippen LogP contribution in [0.5, 0.6) is 0 Å². The predicted molar refractivity (Wildman–Crippen MR) is 48.7 cm³/mol. The summed E-state index contributed by atoms with van der Waals surface area (Å²) < 4.78 is 0. The van der Waals surface area contributed by atoms with Gasteiger partial charge in [-0.3, -0.25) is 10.1 Å². The van der Waals surface area contributed by atoms with Gasteiger partial charge in [0.15, 0.2) is 0 Å². The average Bonchev–Trinajstić information content (AvgIpc) is 2.05. The maximum absolute atomic E-state index is 10.5. The van der Waals surface area contributed by atoms with Gasteiger partial charge in [-0.2, -0.15) is 0 Å². The second-order valence-electron chi connectivity index (χ2n) is 3.45. The molecule has 0 aliphatic heterocycles. The molecule has 0 bridgehead atoms. The van der Waals surface area contributed by atoms with Crippen molar-refractivity contribution in [1.82, 2.24) is 10.6 Å². The number of hydrogen-bond donors (Lipinski definition) is 2. The highest BCUT2D eigenvalue weighted by Crippen LogP contribution is 2.16. The SMILES string of the molecule is CC(=O)NCNC1CCCCC1. The molecule has 0 atom stereocenters. The number of carbonyl (C=O) groups is 1. The molecule has 1 aliphatic rings. The van der Waals surface area contributed by atoms with Gasteiger partial charge in [0, 0.05) is 13.0 Å². The highest BCUT2D eigenvalue weighted by atomic mass is 16.1. The van der Waals surface area contributed by atoms with Gasteiger partial charge in [-0.05, 0) is 12.8 Å². The fraction of sp³-hybridized carbons (Fsp3) is 0.889. The zero-order chi connectivity index (χ0) is 8.81. The van der Waals surface area contributed by atoms with E-state index >= 15 is 0 Å². The van der Waals surface area contributed by atoms with Gasteiger partial charge in [-0.15, -0.1) is 0 Å². The van der Waals surface area contributed by atoms with E-state index in [4.69, 9.17) is 0 Å². The van der Waals surface area contributed by atoms with Crippen LogP contribution in [-0.2, 0) is 4.79 Å². The van der Waals surface area contributed by atoms with Crippen molar-refractivity contribution in [3.63, 3.8) is 0 Å². The molecule has 0 aromatic heterocycles. The van der Waals surface area contributed by atoms with Gasteiger partial charge in [0.2, 0.25) is 5.91 Å². The third kappa shape index (κ3) is 3.72. The summed E-state index contributed by atoms with van der Waals surface area (Å²) >= 11 is 0. The molecule has 1 fully saturated rings. The van der Waals surface area contributed by atoms with Crippen LogP contribution in [0.1, 0.15) is 39.0 Å². The first-order valence-electron chi connectivity index (χ1n) is 4.77. The van der Waals surface area contributed by atoms with Crippen molar-refractivity contribution in [2.45, 2.75) is 45.1 Å². The standard InChI is InChI=1S/C9H18N2O/c1-8(12)10-7-11-9-5-3-2-4-6-9/h9,11H,2-7H2,1H3,(H,10,12). The van der Waals surface area contributed by atoms with Crippen LogP contribution >= 0.6 is 0 Å². The van der Waals surface area contributed by atoms with Crippen molar-refractivity contribution in [2.75, 3.05) is 6.67 Å². The fourth-order valence-electron chi connectivity index (χ4n) is 1.63. The van der Waals surface area contributed by atoms with E-state index < -0.39 is 0 Å². The molecule has 0 aromatic carbocycles. The van der Waals surface area contributed by atoms with Gasteiger partial charge < -0.3 is 5.32 Å². The van der Waals surface area contributed by atoms with Gasteiger partial charge in [0.1, 0.15) is 0 Å². The normalized spacial score (nSPS) is 19.1. The number of hydrogen-bond acceptors (Lipinski definition) is 2. The Morgan fingerprint density at radius 1 is 1.33 bits per heavy atom. The van der Waals surface area contributed by atoms with Gasteiger partial charge in [-0.25, -0.2) is 0 Å². The Bertz CT molecular complexity index is 141. The molecule has 1 aliphatic carbocycles. The first-order valence-corrected chi connectivity index (χ1v) is 4.77. The van der Waals surface area contributed by atoms with Gasteiger partial charge in [0.25, 0.3) is 0 Å². The molecule has 0 unspecified atom stereocenters. The van der Waals surface area contributed by atoms with Crippen LogP contribution in [0.3, 0.4) is 0 Å². The average molecular weight is 170 g/mol. The van der Waals surface area contributed by atoms with E-state index in [0.29, 0.717) is 12.7 Å². The molecule has 2 N–H and O–H groups in total. The van der Waals surface area contributed by atoms with Crippen LogP contribution < -0.4 is 10.6 Å². The Balaban J connectivity index is 2.01. The molecular weight excluding hydrogens is 152 g/mol. The Morgan fingerprint density at radius 3 is 2.58 bits per heavy atom. The van der Waals surface area contributed by atoms with Crippen molar-refractivity contribution in [3.05, 3.63) is 0 Å². The van der Waals surface area contributed by atoms with Crippen LogP contribution in [0.2, 0.25) is 0 Å². The molecule has 3 nitrogen and oxygen atoms in total. The summed E-state index contributed by atoms with van der Waals surface area (Å²) in [5, 5.41) is 6.06. The zero-order valence-corrected chi connectivity index (χ0v) is 7.73. The largest absolute Gasteiger partial charge is 0.344 e. The molecule has 0 heterocycles. The summed E-state index contributed by atoms with van der Waals surface area (Å²) in [6.07, 6.45) is 6.56. The number of nitrogens with one attached hydrogen (secondary N) is 2. The monoisotopic (exact) mass is 170 g/mol. The summed E-state index contributed by atoms with van der Waals surface area (Å²) in [7, 11) is 0. The molecule has 0 spiro atoms. The highest BCUT2D eigenvalue weighted by Gasteiger charge is 2.11. The third-order valence-electron chi connectivity index (χ3n) is 2.33. The lowest BCUT2D eigenvalue weighted by atomic mass is 9.96. The minimum atomic E-state index is 0.0401. The molecule has 12 heavy (non-hydrogen) atoms. The zero-order valence-electron chi connectivity index (χ0n) is 7.73. The third-order valence-corrected chi connectivity index (χ3v) is 2.33. The Kier molecular flexibility index (Phi) is 4.08. The smallest absolute Gasteiger partial charge is 0.217 e. The minimum absolute atomic E-state index is 0.0401. The van der Waals surface area contributed by atoms with Crippen LogP contribution in [0, 0.1) is 0 Å². The molecule has 3 heteroatoms. The van der Waals surface area contributed by atoms with Gasteiger partial charge >= 0.3 is 0 Å². The summed E-state index contributed by atoms with van der Waals surface area (Å²) in [4.78, 5) is 10.5. The molecule has 0 radical (unpaired) electrons. The first kappa shape index (κ1) is 9.52. The maximum atomic E-state index is 10.5. The van der Waals surface area contributed by atoms with Crippen LogP contribution in [0.15, 0.2) is 0 Å². The lowest BCUT2D eigenvalue weighted by Crippen LogP contribution is -2.39. The van der Waals surface area contributed by atoms with E-state index in [2.05, 4.69) is 10.6 Å². The van der Waals surface area contributed by atoms with Crippen molar-refractivity contribution in [1.29, 1.82) is 0 Å². The predicted octanol–water partition coefficient (Wildman–Crippen LogP) is 1.00. The summed E-state index contributed by atoms with van der Waals surface area (Å²) in [6.45, 7) is 2.17. The molecule has 1 amide bonds. The highest BCUT2D eigenvalue weighted by molar-refractivity contribution is 5.72. The Hall–Kier alpha value is -0.570. The fourth-order valence-corrected chi connectivity index (χ4v) is 1.63. The molecular formula is C9H18N2O. The maximum Gasteiger partial charge on any atom is 0.217 e. The summed E-state index contributed by atoms with van der Waals surface area (Å²) in [5.74, 6) is 0.0401. The summed E-state index contributed by atoms with van der Waals surface area (Å²) in [6, 6.07) is 0.630. The van der Waals surface area contributed by atoms with Crippen molar-refractivity contribution >= 4 is 5.91 Å². The number of amides is 1. The second-order valence-corrected chi connectivity index (χ2v) is 3.45. The molecule has 1 rings (SSSR count). The van der Waals surface area contributed by atoms with E-state index in [-0.39, 0.29) is 5.91 Å². The minimum Gasteiger partial charge on any atom is -0.344 e. The first-order chi connectivity index (χ1) is 5.79. The van der Waals surface area contributed by atoms with Crippen LogP contribution in [0.4, 0.5) is 0 Å². The molecule has 70 valence electrons. The van der Waals surface area contributed by atoms with Gasteiger partial charge in [-0.1, -0.05) is 19.3 Å². The lowest BCUT2D eigenvalue weighted by molar-refractivity contribution is -0.119. The Morgan fingerprint density at radius 2 is 2.00 bits per heavy atom. The number of carbonyl (C=O) groups excluding carboxylic acids is 1. The topological polar surface area (TPSA) is 41.1 Å². The van der Waals surface area contributed by atoms with E-state index in [0.717, 1.165) is 0 Å². The van der Waals surface area contributed by atoms with E-state index in [9.17, 15) is 4.79 Å². The van der Waals surface area contributed by atoms with Gasteiger partial charge in [0.05, 0.1) is 6.67 Å². The lowest BCUT2D eigenvalue weighted by Gasteiger charge is -2.22. The summed E-state index contributed by atoms with van der Waals surface area (Å²) in [5.41, 5.74) is 0. The molecule has 1 saturated carbocycles.